The third-order valence-corrected chi connectivity index (χ3v) is 5.52. The van der Waals surface area contributed by atoms with Gasteiger partial charge in [-0.05, 0) is 37.1 Å². The summed E-state index contributed by atoms with van der Waals surface area (Å²) < 4.78 is 0. The minimum atomic E-state index is -0.0748. The first kappa shape index (κ1) is 14.8. The number of fused-ring (bicyclic) bond motifs is 1. The van der Waals surface area contributed by atoms with Gasteiger partial charge in [0.1, 0.15) is 4.83 Å². The molecule has 0 unspecified atom stereocenters. The van der Waals surface area contributed by atoms with Gasteiger partial charge in [0.05, 0.1) is 17.0 Å². The lowest BCUT2D eigenvalue weighted by Gasteiger charge is -2.02. The summed E-state index contributed by atoms with van der Waals surface area (Å²) in [7, 11) is 0. The number of thiophene rings is 1. The van der Waals surface area contributed by atoms with Crippen LogP contribution < -0.4 is 5.56 Å². The largest absolute Gasteiger partial charge is 0.301 e. The van der Waals surface area contributed by atoms with E-state index < -0.39 is 0 Å². The molecule has 0 amide bonds. The minimum Gasteiger partial charge on any atom is -0.301 e. The molecule has 4 nitrogen and oxygen atoms in total. The van der Waals surface area contributed by atoms with Gasteiger partial charge >= 0.3 is 0 Å². The van der Waals surface area contributed by atoms with Crippen molar-refractivity contribution < 1.29 is 0 Å². The molecule has 1 N–H and O–H groups in total. The number of hydrogen-bond donors (Lipinski definition) is 1. The number of hydrogen-bond acceptors (Lipinski definition) is 5. The molecule has 0 saturated carbocycles. The Morgan fingerprint density at radius 2 is 2.05 bits per heavy atom. The molecule has 1 aromatic carbocycles. The summed E-state index contributed by atoms with van der Waals surface area (Å²) in [6.07, 6.45) is 0. The number of nitriles is 1. The Morgan fingerprint density at radius 1 is 1.32 bits per heavy atom. The van der Waals surface area contributed by atoms with Crippen molar-refractivity contribution in [3.63, 3.8) is 0 Å². The molecule has 0 spiro atoms. The van der Waals surface area contributed by atoms with Gasteiger partial charge in [-0.25, -0.2) is 4.98 Å². The van der Waals surface area contributed by atoms with Crippen molar-refractivity contribution in [3.8, 4) is 6.07 Å². The lowest BCUT2D eigenvalue weighted by molar-refractivity contribution is 0.978. The number of rotatable bonds is 3. The molecule has 0 bridgehead atoms. The number of nitrogens with zero attached hydrogens (tertiary/aromatic N) is 2. The third kappa shape index (κ3) is 2.78. The second kappa shape index (κ2) is 5.95. The Hall–Kier alpha value is -2.10. The maximum atomic E-state index is 12.2. The van der Waals surface area contributed by atoms with Crippen LogP contribution in [0.25, 0.3) is 10.2 Å². The smallest absolute Gasteiger partial charge is 0.260 e. The number of H-pyrrole nitrogens is 1. The van der Waals surface area contributed by atoms with Crippen LogP contribution in [0.5, 0.6) is 0 Å². The summed E-state index contributed by atoms with van der Waals surface area (Å²) in [6.45, 7) is 3.96. The zero-order valence-corrected chi connectivity index (χ0v) is 13.8. The average molecular weight is 327 g/mol. The van der Waals surface area contributed by atoms with E-state index in [2.05, 4.69) is 16.0 Å². The van der Waals surface area contributed by atoms with E-state index in [0.29, 0.717) is 21.9 Å². The maximum Gasteiger partial charge on any atom is 0.260 e. The van der Waals surface area contributed by atoms with E-state index in [1.165, 1.54) is 11.8 Å². The zero-order valence-electron chi connectivity index (χ0n) is 12.1. The second-order valence-electron chi connectivity index (χ2n) is 4.93. The van der Waals surface area contributed by atoms with Gasteiger partial charge in [-0.1, -0.05) is 23.9 Å². The number of nitrogens with one attached hydrogen (secondary N) is 1. The Morgan fingerprint density at radius 3 is 2.73 bits per heavy atom. The molecule has 0 aliphatic heterocycles. The van der Waals surface area contributed by atoms with Gasteiger partial charge < -0.3 is 4.98 Å². The Balaban J connectivity index is 1.85. The van der Waals surface area contributed by atoms with Crippen LogP contribution in [-0.4, -0.2) is 9.97 Å². The van der Waals surface area contributed by atoms with Crippen LogP contribution in [0.1, 0.15) is 21.6 Å². The van der Waals surface area contributed by atoms with Crippen molar-refractivity contribution >= 4 is 33.3 Å². The topological polar surface area (TPSA) is 69.5 Å². The lowest BCUT2D eigenvalue weighted by atomic mass is 10.2. The van der Waals surface area contributed by atoms with Crippen LogP contribution in [0.3, 0.4) is 0 Å². The summed E-state index contributed by atoms with van der Waals surface area (Å²) in [6, 6.07) is 9.52. The molecule has 0 saturated heterocycles. The number of thioether (sulfide) groups is 1. The van der Waals surface area contributed by atoms with E-state index in [1.54, 1.807) is 23.5 Å². The van der Waals surface area contributed by atoms with Crippen molar-refractivity contribution in [2.75, 3.05) is 0 Å². The van der Waals surface area contributed by atoms with Crippen LogP contribution in [0.15, 0.2) is 34.2 Å². The lowest BCUT2D eigenvalue weighted by Crippen LogP contribution is -2.08. The molecule has 3 rings (SSSR count). The molecular weight excluding hydrogens is 314 g/mol. The van der Waals surface area contributed by atoms with Gasteiger partial charge in [0, 0.05) is 10.6 Å². The first-order valence-corrected chi connectivity index (χ1v) is 8.50. The van der Waals surface area contributed by atoms with Gasteiger partial charge in [-0.2, -0.15) is 5.26 Å². The van der Waals surface area contributed by atoms with Gasteiger partial charge in [-0.3, -0.25) is 4.79 Å². The van der Waals surface area contributed by atoms with E-state index in [0.717, 1.165) is 20.8 Å². The first-order valence-electron chi connectivity index (χ1n) is 6.70. The third-order valence-electron chi connectivity index (χ3n) is 3.48. The molecule has 2 heterocycles. The van der Waals surface area contributed by atoms with Crippen molar-refractivity contribution in [2.24, 2.45) is 0 Å². The Bertz CT molecular complexity index is 933. The van der Waals surface area contributed by atoms with E-state index in [1.807, 2.05) is 26.0 Å². The van der Waals surface area contributed by atoms with E-state index in [9.17, 15) is 4.79 Å². The predicted molar refractivity (Wildman–Crippen MR) is 90.4 cm³/mol. The molecule has 3 aromatic rings. The fourth-order valence-corrected chi connectivity index (χ4v) is 4.03. The molecule has 110 valence electrons. The van der Waals surface area contributed by atoms with E-state index >= 15 is 0 Å². The molecule has 0 aliphatic carbocycles. The van der Waals surface area contributed by atoms with Crippen molar-refractivity contribution in [2.45, 2.75) is 24.8 Å². The summed E-state index contributed by atoms with van der Waals surface area (Å²) in [5, 5.41) is 10.1. The van der Waals surface area contributed by atoms with Crippen LogP contribution in [-0.2, 0) is 5.75 Å². The SMILES string of the molecule is Cc1sc2nc(SCc3ccc(C#N)cc3)[nH]c(=O)c2c1C. The fourth-order valence-electron chi connectivity index (χ4n) is 2.13. The van der Waals surface area contributed by atoms with Gasteiger partial charge in [0.15, 0.2) is 5.16 Å². The van der Waals surface area contributed by atoms with Crippen LogP contribution in [0.4, 0.5) is 0 Å². The summed E-state index contributed by atoms with van der Waals surface area (Å²) in [5.41, 5.74) is 2.67. The number of aryl methyl sites for hydroxylation is 2. The molecular formula is C16H13N3OS2. The number of aromatic amines is 1. The van der Waals surface area contributed by atoms with E-state index in [4.69, 9.17) is 5.26 Å². The maximum absolute atomic E-state index is 12.2. The molecule has 0 atom stereocenters. The molecule has 22 heavy (non-hydrogen) atoms. The van der Waals surface area contributed by atoms with Crippen molar-refractivity contribution in [1.82, 2.24) is 9.97 Å². The summed E-state index contributed by atoms with van der Waals surface area (Å²) in [4.78, 5) is 21.5. The van der Waals surface area contributed by atoms with Gasteiger partial charge in [0.2, 0.25) is 0 Å². The molecule has 0 radical (unpaired) electrons. The number of benzene rings is 1. The quantitative estimate of drug-likeness (QED) is 0.587. The Labute approximate surface area is 135 Å². The van der Waals surface area contributed by atoms with Gasteiger partial charge in [0.25, 0.3) is 5.56 Å². The standard InChI is InChI=1S/C16H13N3OS2/c1-9-10(2)22-15-13(9)14(20)18-16(19-15)21-8-12-5-3-11(7-17)4-6-12/h3-6H,8H2,1-2H3,(H,18,19,20). The summed E-state index contributed by atoms with van der Waals surface area (Å²) in [5.74, 6) is 0.698. The molecule has 2 aromatic heterocycles. The van der Waals surface area contributed by atoms with Gasteiger partial charge in [-0.15, -0.1) is 11.3 Å². The minimum absolute atomic E-state index is 0.0748. The van der Waals surface area contributed by atoms with Crippen LogP contribution in [0, 0.1) is 25.2 Å². The van der Waals surface area contributed by atoms with Crippen LogP contribution in [0.2, 0.25) is 0 Å². The fraction of sp³-hybridized carbons (Fsp3) is 0.188. The highest BCUT2D eigenvalue weighted by atomic mass is 32.2. The monoisotopic (exact) mass is 327 g/mol. The first-order chi connectivity index (χ1) is 10.6. The molecule has 6 heteroatoms. The Kier molecular flexibility index (Phi) is 4.01. The number of aromatic nitrogens is 2. The zero-order chi connectivity index (χ0) is 15.7. The van der Waals surface area contributed by atoms with Crippen molar-refractivity contribution in [1.29, 1.82) is 5.26 Å². The second-order valence-corrected chi connectivity index (χ2v) is 7.10. The average Bonchev–Trinajstić information content (AvgIpc) is 2.81. The predicted octanol–water partition coefficient (Wildman–Crippen LogP) is 3.77. The normalized spacial score (nSPS) is 10.8. The van der Waals surface area contributed by atoms with Crippen molar-refractivity contribution in [3.05, 3.63) is 56.2 Å². The summed E-state index contributed by atoms with van der Waals surface area (Å²) >= 11 is 3.04. The van der Waals surface area contributed by atoms with Crippen LogP contribution >= 0.6 is 23.1 Å². The molecule has 0 aliphatic rings. The highest BCUT2D eigenvalue weighted by Crippen LogP contribution is 2.28. The highest BCUT2D eigenvalue weighted by Gasteiger charge is 2.12. The van der Waals surface area contributed by atoms with E-state index in [-0.39, 0.29) is 5.56 Å². The molecule has 0 fully saturated rings. The highest BCUT2D eigenvalue weighted by molar-refractivity contribution is 7.98.